The van der Waals surface area contributed by atoms with E-state index >= 15 is 0 Å². The average Bonchev–Trinajstić information content (AvgIpc) is 2.28. The molecule has 2 rings (SSSR count). The Morgan fingerprint density at radius 1 is 1.12 bits per heavy atom. The van der Waals surface area contributed by atoms with E-state index in [1.54, 1.807) is 0 Å². The molecule has 0 fully saturated rings. The normalized spacial score (nSPS) is 12.9. The molecular formula is C13H14ClNO. The lowest BCUT2D eigenvalue weighted by molar-refractivity contribution is 0.276. The molecule has 0 aromatic heterocycles. The number of aliphatic hydroxyl groups is 1. The summed E-state index contributed by atoms with van der Waals surface area (Å²) < 4.78 is 0. The highest BCUT2D eigenvalue weighted by Gasteiger charge is 2.05. The summed E-state index contributed by atoms with van der Waals surface area (Å²) in [6, 6.07) is 11.7. The van der Waals surface area contributed by atoms with Crippen LogP contribution in [0.15, 0.2) is 36.4 Å². The Morgan fingerprint density at radius 2 is 1.81 bits per heavy atom. The van der Waals surface area contributed by atoms with Crippen molar-refractivity contribution in [3.05, 3.63) is 47.0 Å². The lowest BCUT2D eigenvalue weighted by Crippen LogP contribution is -2.11. The van der Waals surface area contributed by atoms with Crippen molar-refractivity contribution in [1.29, 1.82) is 0 Å². The van der Waals surface area contributed by atoms with E-state index in [0.29, 0.717) is 6.42 Å². The van der Waals surface area contributed by atoms with Gasteiger partial charge in [-0.3, -0.25) is 0 Å². The molecule has 2 aromatic rings. The fraction of sp³-hybridized carbons (Fsp3) is 0.231. The molecule has 0 spiro atoms. The highest BCUT2D eigenvalue weighted by molar-refractivity contribution is 6.31. The fourth-order valence-electron chi connectivity index (χ4n) is 1.77. The van der Waals surface area contributed by atoms with Crippen LogP contribution in [0, 0.1) is 0 Å². The first-order valence-electron chi connectivity index (χ1n) is 5.26. The predicted octanol–water partition coefficient (Wildman–Crippen LogP) is 2.88. The van der Waals surface area contributed by atoms with E-state index in [9.17, 15) is 0 Å². The molecule has 0 amide bonds. The maximum Gasteiger partial charge on any atom is 0.0449 e. The lowest BCUT2D eigenvalue weighted by atomic mass is 10.0. The molecule has 0 aliphatic carbocycles. The first-order chi connectivity index (χ1) is 7.70. The van der Waals surface area contributed by atoms with Gasteiger partial charge in [-0.05, 0) is 41.0 Å². The van der Waals surface area contributed by atoms with Crippen molar-refractivity contribution in [2.24, 2.45) is 5.73 Å². The Morgan fingerprint density at radius 3 is 2.56 bits per heavy atom. The molecule has 2 nitrogen and oxygen atoms in total. The van der Waals surface area contributed by atoms with E-state index < -0.39 is 0 Å². The number of rotatable bonds is 3. The summed E-state index contributed by atoms with van der Waals surface area (Å²) in [7, 11) is 0. The summed E-state index contributed by atoms with van der Waals surface area (Å²) in [6.45, 7) is 0.111. The van der Waals surface area contributed by atoms with Crippen LogP contribution in [0.5, 0.6) is 0 Å². The minimum atomic E-state index is -0.106. The molecule has 0 aliphatic rings. The molecule has 0 bridgehead atoms. The van der Waals surface area contributed by atoms with E-state index in [1.165, 1.54) is 0 Å². The number of hydrogen-bond donors (Lipinski definition) is 2. The Hall–Kier alpha value is -1.09. The van der Waals surface area contributed by atoms with Crippen molar-refractivity contribution < 1.29 is 5.11 Å². The molecule has 2 aromatic carbocycles. The Labute approximate surface area is 99.6 Å². The number of hydrogen-bond acceptors (Lipinski definition) is 2. The second-order valence-corrected chi connectivity index (χ2v) is 4.31. The fourth-order valence-corrected chi connectivity index (χ4v) is 1.95. The second-order valence-electron chi connectivity index (χ2n) is 3.87. The second kappa shape index (κ2) is 4.83. The average molecular weight is 236 g/mol. The number of nitrogens with two attached hydrogens (primary N) is 1. The summed E-state index contributed by atoms with van der Waals surface area (Å²) in [4.78, 5) is 0. The standard InChI is InChI=1S/C13H14ClNO/c14-12-4-3-9-7-11(13(15)5-6-16)2-1-10(9)8-12/h1-4,7-8,13,16H,5-6,15H2. The molecule has 1 unspecified atom stereocenters. The van der Waals surface area contributed by atoms with Gasteiger partial charge in [0.15, 0.2) is 0 Å². The third kappa shape index (κ3) is 2.35. The number of halogens is 1. The van der Waals surface area contributed by atoms with Gasteiger partial charge in [-0.1, -0.05) is 29.8 Å². The summed E-state index contributed by atoms with van der Waals surface area (Å²) in [5.74, 6) is 0. The zero-order valence-corrected chi connectivity index (χ0v) is 9.61. The monoisotopic (exact) mass is 235 g/mol. The van der Waals surface area contributed by atoms with Crippen molar-refractivity contribution >= 4 is 22.4 Å². The minimum absolute atomic E-state index is 0.106. The molecular weight excluding hydrogens is 222 g/mol. The SMILES string of the molecule is NC(CCO)c1ccc2cc(Cl)ccc2c1. The molecule has 84 valence electrons. The van der Waals surface area contributed by atoms with Gasteiger partial charge in [-0.25, -0.2) is 0 Å². The Kier molecular flexibility index (Phi) is 3.44. The van der Waals surface area contributed by atoms with Gasteiger partial charge in [-0.15, -0.1) is 0 Å². The van der Waals surface area contributed by atoms with Crippen molar-refractivity contribution in [2.45, 2.75) is 12.5 Å². The smallest absolute Gasteiger partial charge is 0.0449 e. The Bertz CT molecular complexity index is 498. The molecule has 1 atom stereocenters. The highest BCUT2D eigenvalue weighted by Crippen LogP contribution is 2.23. The van der Waals surface area contributed by atoms with Gasteiger partial charge in [0.1, 0.15) is 0 Å². The van der Waals surface area contributed by atoms with Crippen molar-refractivity contribution in [3.63, 3.8) is 0 Å². The third-order valence-corrected chi connectivity index (χ3v) is 2.93. The number of aliphatic hydroxyl groups excluding tert-OH is 1. The van der Waals surface area contributed by atoms with Crippen molar-refractivity contribution in [3.8, 4) is 0 Å². The minimum Gasteiger partial charge on any atom is -0.396 e. The van der Waals surface area contributed by atoms with Crippen LogP contribution in [0.2, 0.25) is 5.02 Å². The molecule has 0 saturated heterocycles. The molecule has 0 saturated carbocycles. The van der Waals surface area contributed by atoms with Crippen LogP contribution in [0.4, 0.5) is 0 Å². The number of fused-ring (bicyclic) bond motifs is 1. The van der Waals surface area contributed by atoms with Crippen LogP contribution >= 0.6 is 11.6 Å². The Balaban J connectivity index is 2.40. The lowest BCUT2D eigenvalue weighted by Gasteiger charge is -2.11. The van der Waals surface area contributed by atoms with Gasteiger partial charge in [0, 0.05) is 17.7 Å². The first-order valence-corrected chi connectivity index (χ1v) is 5.64. The molecule has 0 aliphatic heterocycles. The molecule has 3 N–H and O–H groups in total. The van der Waals surface area contributed by atoms with Crippen molar-refractivity contribution in [1.82, 2.24) is 0 Å². The van der Waals surface area contributed by atoms with Gasteiger partial charge in [0.25, 0.3) is 0 Å². The largest absolute Gasteiger partial charge is 0.396 e. The molecule has 3 heteroatoms. The van der Waals surface area contributed by atoms with Gasteiger partial charge in [0.05, 0.1) is 0 Å². The van der Waals surface area contributed by atoms with Crippen molar-refractivity contribution in [2.75, 3.05) is 6.61 Å². The highest BCUT2D eigenvalue weighted by atomic mass is 35.5. The zero-order valence-electron chi connectivity index (χ0n) is 8.86. The van der Waals surface area contributed by atoms with Crippen LogP contribution < -0.4 is 5.73 Å². The van der Waals surface area contributed by atoms with E-state index in [1.807, 2.05) is 36.4 Å². The topological polar surface area (TPSA) is 46.2 Å². The van der Waals surface area contributed by atoms with Gasteiger partial charge < -0.3 is 10.8 Å². The summed E-state index contributed by atoms with van der Waals surface area (Å²) in [5, 5.41) is 11.8. The van der Waals surface area contributed by atoms with E-state index in [2.05, 4.69) is 0 Å². The van der Waals surface area contributed by atoms with E-state index in [4.69, 9.17) is 22.4 Å². The van der Waals surface area contributed by atoms with Crippen LogP contribution in [0.25, 0.3) is 10.8 Å². The number of benzene rings is 2. The van der Waals surface area contributed by atoms with Crippen LogP contribution in [-0.4, -0.2) is 11.7 Å². The maximum absolute atomic E-state index is 8.85. The maximum atomic E-state index is 8.85. The molecule has 0 radical (unpaired) electrons. The van der Waals surface area contributed by atoms with Crippen LogP contribution in [-0.2, 0) is 0 Å². The zero-order chi connectivity index (χ0) is 11.5. The third-order valence-electron chi connectivity index (χ3n) is 2.69. The van der Waals surface area contributed by atoms with Crippen LogP contribution in [0.3, 0.4) is 0 Å². The summed E-state index contributed by atoms with van der Waals surface area (Å²) >= 11 is 5.91. The molecule has 0 heterocycles. The van der Waals surface area contributed by atoms with E-state index in [-0.39, 0.29) is 12.6 Å². The first kappa shape index (κ1) is 11.4. The van der Waals surface area contributed by atoms with Gasteiger partial charge in [-0.2, -0.15) is 0 Å². The van der Waals surface area contributed by atoms with Gasteiger partial charge in [0.2, 0.25) is 0 Å². The summed E-state index contributed by atoms with van der Waals surface area (Å²) in [5.41, 5.74) is 6.99. The van der Waals surface area contributed by atoms with Gasteiger partial charge >= 0.3 is 0 Å². The molecule has 16 heavy (non-hydrogen) atoms. The predicted molar refractivity (Wildman–Crippen MR) is 67.6 cm³/mol. The quantitative estimate of drug-likeness (QED) is 0.860. The van der Waals surface area contributed by atoms with E-state index in [0.717, 1.165) is 21.4 Å². The van der Waals surface area contributed by atoms with Crippen LogP contribution in [0.1, 0.15) is 18.0 Å². The summed E-state index contributed by atoms with van der Waals surface area (Å²) in [6.07, 6.45) is 0.582.